The van der Waals surface area contributed by atoms with Crippen LogP contribution in [0.5, 0.6) is 0 Å². The fourth-order valence-electron chi connectivity index (χ4n) is 6.60. The Labute approximate surface area is 243 Å². The molecule has 2 heterocycles. The molecule has 0 radical (unpaired) electrons. The second-order valence-corrected chi connectivity index (χ2v) is 12.0. The molecular weight excluding hydrogens is 514 g/mol. The number of amides is 1. The van der Waals surface area contributed by atoms with Crippen molar-refractivity contribution in [1.82, 2.24) is 4.90 Å². The van der Waals surface area contributed by atoms with E-state index in [9.17, 15) is 14.7 Å². The molecule has 218 valence electrons. The zero-order valence-electron chi connectivity index (χ0n) is 24.5. The average Bonchev–Trinajstić information content (AvgIpc) is 3.54. The van der Waals surface area contributed by atoms with E-state index in [0.717, 1.165) is 67.4 Å². The summed E-state index contributed by atoms with van der Waals surface area (Å²) in [6, 6.07) is 14.7. The van der Waals surface area contributed by atoms with Gasteiger partial charge in [-0.3, -0.25) is 4.79 Å². The van der Waals surface area contributed by atoms with Crippen molar-refractivity contribution in [2.24, 2.45) is 21.1 Å². The van der Waals surface area contributed by atoms with Gasteiger partial charge in [0.05, 0.1) is 0 Å². The SMILES string of the molecule is CCCCC(=O)N(Cc1ccc(-c2cc(N3CCCC(C)C3)ccc2C2=NCN=N2)cc1)C1(C(=O)O)CCCCC1. The number of hydrogen-bond donors (Lipinski definition) is 1. The van der Waals surface area contributed by atoms with Gasteiger partial charge in [-0.2, -0.15) is 5.11 Å². The van der Waals surface area contributed by atoms with Crippen molar-refractivity contribution >= 4 is 23.4 Å². The maximum atomic E-state index is 13.4. The lowest BCUT2D eigenvalue weighted by molar-refractivity contribution is -0.163. The van der Waals surface area contributed by atoms with E-state index in [-0.39, 0.29) is 5.91 Å². The molecule has 0 bridgehead atoms. The monoisotopic (exact) mass is 557 g/mol. The number of nitrogens with zero attached hydrogens (tertiary/aromatic N) is 5. The minimum absolute atomic E-state index is 0.0596. The normalized spacial score (nSPS) is 20.1. The molecule has 8 heteroatoms. The van der Waals surface area contributed by atoms with E-state index < -0.39 is 11.5 Å². The van der Waals surface area contributed by atoms with Crippen LogP contribution in [-0.4, -0.2) is 53.0 Å². The van der Waals surface area contributed by atoms with Crippen molar-refractivity contribution in [1.29, 1.82) is 0 Å². The van der Waals surface area contributed by atoms with Gasteiger partial charge in [-0.25, -0.2) is 9.79 Å². The Kier molecular flexibility index (Phi) is 9.15. The van der Waals surface area contributed by atoms with Gasteiger partial charge >= 0.3 is 5.97 Å². The summed E-state index contributed by atoms with van der Waals surface area (Å²) in [5, 5.41) is 18.7. The first-order valence-corrected chi connectivity index (χ1v) is 15.4. The van der Waals surface area contributed by atoms with E-state index in [4.69, 9.17) is 0 Å². The molecule has 41 heavy (non-hydrogen) atoms. The van der Waals surface area contributed by atoms with Crippen LogP contribution in [0.4, 0.5) is 5.69 Å². The number of rotatable bonds is 10. The van der Waals surface area contributed by atoms with E-state index >= 15 is 0 Å². The van der Waals surface area contributed by atoms with Gasteiger partial charge in [0.2, 0.25) is 5.91 Å². The summed E-state index contributed by atoms with van der Waals surface area (Å²) in [6.45, 7) is 7.12. The topological polar surface area (TPSA) is 97.9 Å². The molecule has 1 aliphatic carbocycles. The molecule has 2 aliphatic heterocycles. The highest BCUT2D eigenvalue weighted by Crippen LogP contribution is 2.37. The van der Waals surface area contributed by atoms with Gasteiger partial charge in [0.15, 0.2) is 12.5 Å². The second kappa shape index (κ2) is 13.0. The van der Waals surface area contributed by atoms with Gasteiger partial charge in [-0.05, 0) is 72.9 Å². The Morgan fingerprint density at radius 1 is 1.05 bits per heavy atom. The molecule has 0 spiro atoms. The van der Waals surface area contributed by atoms with Gasteiger partial charge in [-0.1, -0.05) is 63.8 Å². The summed E-state index contributed by atoms with van der Waals surface area (Å²) in [5.74, 6) is 0.380. The van der Waals surface area contributed by atoms with Crippen LogP contribution in [0.25, 0.3) is 11.1 Å². The van der Waals surface area contributed by atoms with Gasteiger partial charge in [-0.15, -0.1) is 5.11 Å². The van der Waals surface area contributed by atoms with Crippen LogP contribution in [0.1, 0.15) is 89.2 Å². The first-order chi connectivity index (χ1) is 19.9. The Morgan fingerprint density at radius 2 is 1.83 bits per heavy atom. The molecule has 1 atom stereocenters. The van der Waals surface area contributed by atoms with E-state index in [2.05, 4.69) is 64.3 Å². The Balaban J connectivity index is 1.45. The summed E-state index contributed by atoms with van der Waals surface area (Å²) in [4.78, 5) is 34.7. The highest BCUT2D eigenvalue weighted by atomic mass is 16.4. The number of benzene rings is 2. The third-order valence-corrected chi connectivity index (χ3v) is 8.96. The summed E-state index contributed by atoms with van der Waals surface area (Å²) >= 11 is 0. The van der Waals surface area contributed by atoms with E-state index in [1.54, 1.807) is 4.90 Å². The van der Waals surface area contributed by atoms with Crippen molar-refractivity contribution in [3.63, 3.8) is 0 Å². The molecular formula is C33H43N5O3. The molecule has 2 aromatic carbocycles. The highest BCUT2D eigenvalue weighted by molar-refractivity contribution is 6.06. The molecule has 1 N–H and O–H groups in total. The fourth-order valence-corrected chi connectivity index (χ4v) is 6.60. The summed E-state index contributed by atoms with van der Waals surface area (Å²) in [7, 11) is 0. The maximum absolute atomic E-state index is 13.4. The van der Waals surface area contributed by atoms with Crippen LogP contribution in [0.15, 0.2) is 57.7 Å². The number of carbonyl (C=O) groups is 2. The van der Waals surface area contributed by atoms with Crippen molar-refractivity contribution in [3.8, 4) is 11.1 Å². The van der Waals surface area contributed by atoms with Gasteiger partial charge < -0.3 is 14.9 Å². The number of carbonyl (C=O) groups excluding carboxylic acids is 1. The summed E-state index contributed by atoms with van der Waals surface area (Å²) in [6.07, 6.45) is 8.21. The number of amidine groups is 1. The zero-order chi connectivity index (χ0) is 28.8. The minimum Gasteiger partial charge on any atom is -0.479 e. The standard InChI is InChI=1S/C33H43N5O3/c1-3-4-10-30(39)38(33(32(40)41)17-6-5-7-18-33)22-25-11-13-26(14-12-25)29-20-27(37-19-8-9-24(2)21-37)15-16-28(29)31-34-23-35-36-31/h11-16,20,24H,3-10,17-19,21-23H2,1-2H3,(H,40,41). The summed E-state index contributed by atoms with van der Waals surface area (Å²) < 4.78 is 0. The number of unbranched alkanes of at least 4 members (excludes halogenated alkanes) is 1. The number of aliphatic carboxylic acids is 1. The molecule has 5 rings (SSSR count). The van der Waals surface area contributed by atoms with Gasteiger partial charge in [0, 0.05) is 37.3 Å². The third kappa shape index (κ3) is 6.36. The van der Waals surface area contributed by atoms with E-state index in [1.807, 2.05) is 12.1 Å². The molecule has 0 aromatic heterocycles. The number of azo groups is 1. The zero-order valence-corrected chi connectivity index (χ0v) is 24.5. The fraction of sp³-hybridized carbons (Fsp3) is 0.545. The highest BCUT2D eigenvalue weighted by Gasteiger charge is 2.46. The minimum atomic E-state index is -1.12. The Hall–Kier alpha value is -3.55. The number of hydrogen-bond acceptors (Lipinski definition) is 6. The number of anilines is 1. The number of carboxylic acids is 1. The molecule has 3 aliphatic rings. The first kappa shape index (κ1) is 29.0. The lowest BCUT2D eigenvalue weighted by Gasteiger charge is -2.43. The number of carboxylic acid groups (broad SMARTS) is 1. The third-order valence-electron chi connectivity index (χ3n) is 8.96. The molecule has 1 unspecified atom stereocenters. The van der Waals surface area contributed by atoms with Crippen molar-refractivity contribution in [2.45, 2.75) is 90.1 Å². The van der Waals surface area contributed by atoms with Crippen LogP contribution < -0.4 is 4.90 Å². The number of aliphatic imine (C=N–C) groups is 1. The molecule has 1 saturated carbocycles. The Bertz CT molecular complexity index is 1300. The Morgan fingerprint density at radius 3 is 2.49 bits per heavy atom. The van der Waals surface area contributed by atoms with Crippen LogP contribution in [0, 0.1) is 5.92 Å². The van der Waals surface area contributed by atoms with Crippen LogP contribution >= 0.6 is 0 Å². The smallest absolute Gasteiger partial charge is 0.329 e. The van der Waals surface area contributed by atoms with Crippen LogP contribution in [0.3, 0.4) is 0 Å². The lowest BCUT2D eigenvalue weighted by atomic mass is 9.79. The second-order valence-electron chi connectivity index (χ2n) is 12.0. The molecule has 1 amide bonds. The van der Waals surface area contributed by atoms with Gasteiger partial charge in [0.1, 0.15) is 5.54 Å². The number of piperidine rings is 1. The maximum Gasteiger partial charge on any atom is 0.329 e. The average molecular weight is 558 g/mol. The molecule has 8 nitrogen and oxygen atoms in total. The predicted molar refractivity (Wildman–Crippen MR) is 162 cm³/mol. The predicted octanol–water partition coefficient (Wildman–Crippen LogP) is 7.07. The van der Waals surface area contributed by atoms with Gasteiger partial charge in [0.25, 0.3) is 0 Å². The first-order valence-electron chi connectivity index (χ1n) is 15.4. The van der Waals surface area contributed by atoms with Crippen molar-refractivity contribution < 1.29 is 14.7 Å². The largest absolute Gasteiger partial charge is 0.479 e. The van der Waals surface area contributed by atoms with Crippen molar-refractivity contribution in [2.75, 3.05) is 24.7 Å². The molecule has 2 fully saturated rings. The van der Waals surface area contributed by atoms with Crippen LogP contribution in [-0.2, 0) is 16.1 Å². The summed E-state index contributed by atoms with van der Waals surface area (Å²) in [5.41, 5.74) is 4.05. The molecule has 2 aromatic rings. The quantitative estimate of drug-likeness (QED) is 0.338. The van der Waals surface area contributed by atoms with Crippen molar-refractivity contribution in [3.05, 3.63) is 53.6 Å². The van der Waals surface area contributed by atoms with E-state index in [0.29, 0.717) is 44.2 Å². The van der Waals surface area contributed by atoms with E-state index in [1.165, 1.54) is 18.5 Å². The molecule has 1 saturated heterocycles. The van der Waals surface area contributed by atoms with Crippen LogP contribution in [0.2, 0.25) is 0 Å². The lowest BCUT2D eigenvalue weighted by Crippen LogP contribution is -2.57.